The molecule has 0 N–H and O–H groups in total. The summed E-state index contributed by atoms with van der Waals surface area (Å²) in [5.41, 5.74) is 1.49. The van der Waals surface area contributed by atoms with Gasteiger partial charge in [-0.15, -0.1) is 0 Å². The summed E-state index contributed by atoms with van der Waals surface area (Å²) in [6.07, 6.45) is 2.28. The Morgan fingerprint density at radius 2 is 1.93 bits per heavy atom. The Morgan fingerprint density at radius 3 is 2.67 bits per heavy atom. The summed E-state index contributed by atoms with van der Waals surface area (Å²) >= 11 is 0. The normalized spacial score (nSPS) is 11.1. The predicted octanol–water partition coefficient (Wildman–Crippen LogP) is 2.79. The number of hydrogen-bond donors (Lipinski definition) is 0. The summed E-state index contributed by atoms with van der Waals surface area (Å²) in [4.78, 5) is 0. The lowest BCUT2D eigenvalue weighted by molar-refractivity contribution is 0.193. The molecule has 4 heteroatoms. The first-order valence-corrected chi connectivity index (χ1v) is 5.22. The Labute approximate surface area is 88.2 Å². The van der Waals surface area contributed by atoms with Gasteiger partial charge in [-0.1, -0.05) is 13.8 Å². The van der Waals surface area contributed by atoms with Crippen LogP contribution in [0.2, 0.25) is 0 Å². The maximum atomic E-state index is 5.78. The Bertz CT molecular complexity index is 435. The molecule has 0 fully saturated rings. The first-order chi connectivity index (χ1) is 7.33. The number of aromatic nitrogens is 2. The summed E-state index contributed by atoms with van der Waals surface area (Å²) in [5, 5.41) is 7.51. The number of ether oxygens (including phenoxy) is 1. The molecule has 2 aromatic rings. The van der Waals surface area contributed by atoms with Crippen molar-refractivity contribution in [3.05, 3.63) is 18.2 Å². The minimum Gasteiger partial charge on any atom is -0.490 e. The predicted molar refractivity (Wildman–Crippen MR) is 56.8 cm³/mol. The average molecular weight is 206 g/mol. The van der Waals surface area contributed by atoms with Gasteiger partial charge in [0.05, 0.1) is 6.10 Å². The highest BCUT2D eigenvalue weighted by Crippen LogP contribution is 2.20. The van der Waals surface area contributed by atoms with Gasteiger partial charge in [-0.05, 0) is 35.3 Å². The van der Waals surface area contributed by atoms with Gasteiger partial charge in [-0.2, -0.15) is 0 Å². The first-order valence-electron chi connectivity index (χ1n) is 5.22. The number of benzene rings is 1. The summed E-state index contributed by atoms with van der Waals surface area (Å²) in [7, 11) is 0. The molecule has 1 aromatic carbocycles. The second kappa shape index (κ2) is 4.29. The molecule has 2 rings (SSSR count). The van der Waals surface area contributed by atoms with E-state index in [1.165, 1.54) is 0 Å². The number of hydrogen-bond acceptors (Lipinski definition) is 4. The quantitative estimate of drug-likeness (QED) is 0.771. The standard InChI is InChI=1S/C11H14N2O2/c1-3-8(4-2)14-9-5-6-10-11(7-9)13-15-12-10/h5-8H,3-4H2,1-2H3. The van der Waals surface area contributed by atoms with Crippen molar-refractivity contribution in [1.82, 2.24) is 10.3 Å². The smallest absolute Gasteiger partial charge is 0.138 e. The molecule has 15 heavy (non-hydrogen) atoms. The van der Waals surface area contributed by atoms with Crippen LogP contribution in [-0.2, 0) is 0 Å². The van der Waals surface area contributed by atoms with Crippen LogP contribution in [0.4, 0.5) is 0 Å². The molecule has 0 saturated heterocycles. The number of fused-ring (bicyclic) bond motifs is 1. The van der Waals surface area contributed by atoms with E-state index in [0.717, 1.165) is 29.6 Å². The van der Waals surface area contributed by atoms with Crippen LogP contribution in [0.15, 0.2) is 22.8 Å². The second-order valence-electron chi connectivity index (χ2n) is 3.47. The molecule has 0 unspecified atom stereocenters. The van der Waals surface area contributed by atoms with E-state index in [9.17, 15) is 0 Å². The van der Waals surface area contributed by atoms with E-state index in [1.54, 1.807) is 0 Å². The van der Waals surface area contributed by atoms with E-state index < -0.39 is 0 Å². The Morgan fingerprint density at radius 1 is 1.20 bits per heavy atom. The van der Waals surface area contributed by atoms with Gasteiger partial charge < -0.3 is 4.74 Å². The molecule has 0 saturated carbocycles. The summed E-state index contributed by atoms with van der Waals surface area (Å²) in [6.45, 7) is 4.23. The molecule has 80 valence electrons. The van der Waals surface area contributed by atoms with Crippen LogP contribution in [0, 0.1) is 0 Å². The van der Waals surface area contributed by atoms with Crippen LogP contribution in [0.25, 0.3) is 11.0 Å². The fourth-order valence-corrected chi connectivity index (χ4v) is 1.48. The zero-order valence-corrected chi connectivity index (χ0v) is 8.93. The van der Waals surface area contributed by atoms with Gasteiger partial charge >= 0.3 is 0 Å². The van der Waals surface area contributed by atoms with Crippen molar-refractivity contribution in [1.29, 1.82) is 0 Å². The third-order valence-corrected chi connectivity index (χ3v) is 2.44. The molecule has 0 aliphatic heterocycles. The van der Waals surface area contributed by atoms with Crippen LogP contribution in [0.1, 0.15) is 26.7 Å². The fraction of sp³-hybridized carbons (Fsp3) is 0.455. The van der Waals surface area contributed by atoms with Crippen LogP contribution < -0.4 is 4.74 Å². The maximum Gasteiger partial charge on any atom is 0.138 e. The lowest BCUT2D eigenvalue weighted by atomic mass is 10.2. The van der Waals surface area contributed by atoms with E-state index in [0.29, 0.717) is 0 Å². The van der Waals surface area contributed by atoms with Gasteiger partial charge in [-0.3, -0.25) is 0 Å². The molecule has 1 aromatic heterocycles. The highest BCUT2D eigenvalue weighted by atomic mass is 16.6. The molecule has 0 radical (unpaired) electrons. The molecule has 4 nitrogen and oxygen atoms in total. The number of rotatable bonds is 4. The molecule has 0 atom stereocenters. The third-order valence-electron chi connectivity index (χ3n) is 2.44. The molecule has 0 spiro atoms. The zero-order chi connectivity index (χ0) is 10.7. The van der Waals surface area contributed by atoms with Gasteiger partial charge in [0.2, 0.25) is 0 Å². The van der Waals surface area contributed by atoms with Crippen molar-refractivity contribution in [2.75, 3.05) is 0 Å². The molecule has 1 heterocycles. The van der Waals surface area contributed by atoms with Crippen LogP contribution in [0.3, 0.4) is 0 Å². The maximum absolute atomic E-state index is 5.78. The molecule has 0 amide bonds. The van der Waals surface area contributed by atoms with Crippen LogP contribution in [-0.4, -0.2) is 16.4 Å². The minimum absolute atomic E-state index is 0.266. The van der Waals surface area contributed by atoms with Crippen LogP contribution in [0.5, 0.6) is 5.75 Å². The van der Waals surface area contributed by atoms with Crippen molar-refractivity contribution in [2.24, 2.45) is 0 Å². The van der Waals surface area contributed by atoms with Crippen molar-refractivity contribution in [3.8, 4) is 5.75 Å². The van der Waals surface area contributed by atoms with Crippen molar-refractivity contribution in [3.63, 3.8) is 0 Å². The Hall–Kier alpha value is -1.58. The van der Waals surface area contributed by atoms with Crippen LogP contribution >= 0.6 is 0 Å². The monoisotopic (exact) mass is 206 g/mol. The molecule has 0 bridgehead atoms. The van der Waals surface area contributed by atoms with E-state index >= 15 is 0 Å². The number of nitrogens with zero attached hydrogens (tertiary/aromatic N) is 2. The van der Waals surface area contributed by atoms with E-state index in [1.807, 2.05) is 18.2 Å². The van der Waals surface area contributed by atoms with Gasteiger partial charge in [0.1, 0.15) is 16.8 Å². The Balaban J connectivity index is 2.20. The van der Waals surface area contributed by atoms with E-state index in [2.05, 4.69) is 28.8 Å². The highest BCUT2D eigenvalue weighted by Gasteiger charge is 2.07. The topological polar surface area (TPSA) is 48.2 Å². The summed E-state index contributed by atoms with van der Waals surface area (Å²) in [5.74, 6) is 0.826. The fourth-order valence-electron chi connectivity index (χ4n) is 1.48. The van der Waals surface area contributed by atoms with Gasteiger partial charge in [0.15, 0.2) is 0 Å². The third kappa shape index (κ3) is 2.09. The van der Waals surface area contributed by atoms with E-state index in [4.69, 9.17) is 4.74 Å². The molecular weight excluding hydrogens is 192 g/mol. The molecule has 0 aliphatic rings. The van der Waals surface area contributed by atoms with Gasteiger partial charge in [-0.25, -0.2) is 4.63 Å². The highest BCUT2D eigenvalue weighted by molar-refractivity contribution is 5.74. The SMILES string of the molecule is CCC(CC)Oc1ccc2nonc2c1. The molecular formula is C11H14N2O2. The lowest BCUT2D eigenvalue weighted by Crippen LogP contribution is -2.13. The van der Waals surface area contributed by atoms with Gasteiger partial charge in [0, 0.05) is 6.07 Å². The zero-order valence-electron chi connectivity index (χ0n) is 8.93. The second-order valence-corrected chi connectivity index (χ2v) is 3.47. The summed E-state index contributed by atoms with van der Waals surface area (Å²) in [6, 6.07) is 5.60. The average Bonchev–Trinajstić information content (AvgIpc) is 2.73. The van der Waals surface area contributed by atoms with E-state index in [-0.39, 0.29) is 6.10 Å². The molecule has 0 aliphatic carbocycles. The van der Waals surface area contributed by atoms with Gasteiger partial charge in [0.25, 0.3) is 0 Å². The van der Waals surface area contributed by atoms with Crippen molar-refractivity contribution < 1.29 is 9.37 Å². The largest absolute Gasteiger partial charge is 0.490 e. The first kappa shape index (κ1) is 9.96. The lowest BCUT2D eigenvalue weighted by Gasteiger charge is -2.14. The minimum atomic E-state index is 0.266. The summed E-state index contributed by atoms with van der Waals surface area (Å²) < 4.78 is 10.4. The van der Waals surface area contributed by atoms with Crippen molar-refractivity contribution in [2.45, 2.75) is 32.8 Å². The Kier molecular flexibility index (Phi) is 2.85. The van der Waals surface area contributed by atoms with Crippen molar-refractivity contribution >= 4 is 11.0 Å².